The number of aliphatic hydroxyl groups is 1. The molecule has 0 bridgehead atoms. The minimum atomic E-state index is -4.95. The maximum Gasteiger partial charge on any atom is 0.472 e. The van der Waals surface area contributed by atoms with Gasteiger partial charge in [-0.1, -0.05) is 306 Å². The first-order chi connectivity index (χ1) is 43.6. The molecular formula is C72H140O17P2. The third kappa shape index (κ3) is 65.1. The second-order valence-electron chi connectivity index (χ2n) is 27.6. The minimum Gasteiger partial charge on any atom is -0.462 e. The highest BCUT2D eigenvalue weighted by Crippen LogP contribution is 2.45. The van der Waals surface area contributed by atoms with Gasteiger partial charge >= 0.3 is 39.5 Å². The van der Waals surface area contributed by atoms with Gasteiger partial charge in [-0.05, 0) is 49.4 Å². The molecule has 19 heteroatoms. The van der Waals surface area contributed by atoms with E-state index in [1.54, 1.807) is 0 Å². The van der Waals surface area contributed by atoms with E-state index in [1.807, 2.05) is 0 Å². The normalized spacial score (nSPS) is 14.5. The number of phosphoric ester groups is 2. The highest BCUT2D eigenvalue weighted by molar-refractivity contribution is 7.47. The molecule has 3 N–H and O–H groups in total. The predicted octanol–water partition coefficient (Wildman–Crippen LogP) is 20.5. The average Bonchev–Trinajstić information content (AvgIpc) is 3.69. The largest absolute Gasteiger partial charge is 0.472 e. The molecule has 0 amide bonds. The molecule has 0 aromatic heterocycles. The van der Waals surface area contributed by atoms with Gasteiger partial charge in [-0.25, -0.2) is 9.13 Å². The van der Waals surface area contributed by atoms with Gasteiger partial charge in [-0.2, -0.15) is 0 Å². The van der Waals surface area contributed by atoms with Crippen molar-refractivity contribution >= 4 is 39.5 Å². The Bertz CT molecular complexity index is 1800. The number of carbonyl (C=O) groups excluding carboxylic acids is 4. The molecule has 6 atom stereocenters. The molecule has 91 heavy (non-hydrogen) atoms. The molecule has 0 aromatic carbocycles. The molecule has 0 aliphatic carbocycles. The first-order valence-corrected chi connectivity index (χ1v) is 40.2. The van der Waals surface area contributed by atoms with E-state index in [9.17, 15) is 43.2 Å². The van der Waals surface area contributed by atoms with Crippen molar-refractivity contribution in [2.45, 2.75) is 375 Å². The maximum absolute atomic E-state index is 13.0. The van der Waals surface area contributed by atoms with E-state index < -0.39 is 97.5 Å². The molecule has 0 fully saturated rings. The molecule has 0 saturated carbocycles. The topological polar surface area (TPSA) is 237 Å². The zero-order valence-corrected chi connectivity index (χ0v) is 61.3. The van der Waals surface area contributed by atoms with Gasteiger partial charge in [0.05, 0.1) is 26.4 Å². The molecule has 0 aliphatic rings. The van der Waals surface area contributed by atoms with Crippen LogP contribution < -0.4 is 0 Å². The number of carbonyl (C=O) groups is 4. The van der Waals surface area contributed by atoms with Crippen LogP contribution >= 0.6 is 15.6 Å². The van der Waals surface area contributed by atoms with Gasteiger partial charge in [0.2, 0.25) is 0 Å². The standard InChI is InChI=1S/C72H140O17P2/c1-9-65(8)51-43-35-29-31-39-47-55-72(77)89-68(58-82-69(74)52-44-36-26-23-22-25-33-41-49-63(4)5)61-87-91(80,81)85-57-66(73)56-84-90(78,79)86-60-67(59-83-70(75)53-45-37-30-28-34-42-50-64(6)7)88-71(76)54-46-38-27-21-19-17-15-13-11-10-12-14-16-18-20-24-32-40-48-62(2)3/h62-68,73H,9-61H2,1-8H3,(H,78,79)(H,80,81)/t65?,66?,67-,68-/m1/s1. The number of esters is 4. The van der Waals surface area contributed by atoms with Crippen molar-refractivity contribution in [1.82, 2.24) is 0 Å². The quantitative estimate of drug-likeness (QED) is 0.0222. The lowest BCUT2D eigenvalue weighted by Crippen LogP contribution is -2.30. The third-order valence-electron chi connectivity index (χ3n) is 16.9. The van der Waals surface area contributed by atoms with Gasteiger partial charge in [-0.15, -0.1) is 0 Å². The molecular weight excluding hydrogens is 1200 g/mol. The fraction of sp³-hybridized carbons (Fsp3) is 0.944. The Morgan fingerprint density at radius 3 is 0.780 bits per heavy atom. The summed E-state index contributed by atoms with van der Waals surface area (Å²) in [5.41, 5.74) is 0. The zero-order chi connectivity index (χ0) is 67.5. The van der Waals surface area contributed by atoms with Gasteiger partial charge in [0.1, 0.15) is 19.3 Å². The fourth-order valence-corrected chi connectivity index (χ4v) is 12.4. The predicted molar refractivity (Wildman–Crippen MR) is 367 cm³/mol. The molecule has 0 saturated heterocycles. The number of ether oxygens (including phenoxy) is 4. The van der Waals surface area contributed by atoms with Gasteiger partial charge in [0.15, 0.2) is 12.2 Å². The minimum absolute atomic E-state index is 0.102. The van der Waals surface area contributed by atoms with Crippen molar-refractivity contribution in [2.75, 3.05) is 39.6 Å². The molecule has 0 heterocycles. The monoisotopic (exact) mass is 1340 g/mol. The van der Waals surface area contributed by atoms with E-state index in [1.165, 1.54) is 154 Å². The van der Waals surface area contributed by atoms with Crippen molar-refractivity contribution in [3.05, 3.63) is 0 Å². The Morgan fingerprint density at radius 2 is 0.527 bits per heavy atom. The van der Waals surface area contributed by atoms with E-state index in [2.05, 4.69) is 55.4 Å². The van der Waals surface area contributed by atoms with E-state index in [0.29, 0.717) is 31.6 Å². The van der Waals surface area contributed by atoms with Crippen LogP contribution in [-0.2, 0) is 65.4 Å². The zero-order valence-electron chi connectivity index (χ0n) is 59.5. The number of phosphoric acid groups is 2. The summed E-state index contributed by atoms with van der Waals surface area (Å²) in [7, 11) is -9.90. The second-order valence-corrected chi connectivity index (χ2v) is 30.6. The molecule has 0 aromatic rings. The van der Waals surface area contributed by atoms with Crippen molar-refractivity contribution < 1.29 is 80.2 Å². The molecule has 0 radical (unpaired) electrons. The smallest absolute Gasteiger partial charge is 0.462 e. The van der Waals surface area contributed by atoms with Crippen LogP contribution in [0.4, 0.5) is 0 Å². The van der Waals surface area contributed by atoms with Crippen molar-refractivity contribution in [3.8, 4) is 0 Å². The van der Waals surface area contributed by atoms with Crippen molar-refractivity contribution in [1.29, 1.82) is 0 Å². The van der Waals surface area contributed by atoms with Crippen LogP contribution in [0.1, 0.15) is 357 Å². The fourth-order valence-electron chi connectivity index (χ4n) is 10.8. The Morgan fingerprint density at radius 1 is 0.308 bits per heavy atom. The highest BCUT2D eigenvalue weighted by Gasteiger charge is 2.30. The molecule has 0 rings (SSSR count). The summed E-state index contributed by atoms with van der Waals surface area (Å²) >= 11 is 0. The number of unbranched alkanes of at least 4 members (excludes halogenated alkanes) is 34. The molecule has 4 unspecified atom stereocenters. The van der Waals surface area contributed by atoms with Crippen LogP contribution in [0.3, 0.4) is 0 Å². The van der Waals surface area contributed by atoms with E-state index >= 15 is 0 Å². The Balaban J connectivity index is 5.15. The summed E-state index contributed by atoms with van der Waals surface area (Å²) in [5, 5.41) is 10.6. The first-order valence-electron chi connectivity index (χ1n) is 37.2. The number of aliphatic hydroxyl groups excluding tert-OH is 1. The van der Waals surface area contributed by atoms with Gasteiger partial charge < -0.3 is 33.8 Å². The molecule has 0 aliphatic heterocycles. The van der Waals surface area contributed by atoms with Crippen molar-refractivity contribution in [3.63, 3.8) is 0 Å². The van der Waals surface area contributed by atoms with Crippen LogP contribution in [0, 0.1) is 23.7 Å². The summed E-state index contributed by atoms with van der Waals surface area (Å²) < 4.78 is 68.2. The van der Waals surface area contributed by atoms with Crippen LogP contribution in [0.2, 0.25) is 0 Å². The van der Waals surface area contributed by atoms with Crippen LogP contribution in [0.25, 0.3) is 0 Å². The molecule has 0 spiro atoms. The van der Waals surface area contributed by atoms with Gasteiger partial charge in [0.25, 0.3) is 0 Å². The SMILES string of the molecule is CCC(C)CCCCCCCCC(=O)O[C@H](COC(=O)CCCCCCCCCCC(C)C)COP(=O)(O)OCC(O)COP(=O)(O)OC[C@@H](COC(=O)CCCCCCCCC(C)C)OC(=O)CCCCCCCCCCCCCCCCCCCCC(C)C. The summed E-state index contributed by atoms with van der Waals surface area (Å²) in [6.07, 6.45) is 44.9. The Kier molecular flexibility index (Phi) is 60.3. The van der Waals surface area contributed by atoms with Gasteiger partial charge in [0, 0.05) is 25.7 Å². The Hall–Kier alpha value is -1.94. The summed E-state index contributed by atoms with van der Waals surface area (Å²) in [6.45, 7) is 14.0. The third-order valence-corrected chi connectivity index (χ3v) is 18.8. The lowest BCUT2D eigenvalue weighted by atomic mass is 10.00. The highest BCUT2D eigenvalue weighted by atomic mass is 31.2. The van der Waals surface area contributed by atoms with Gasteiger partial charge in [-0.3, -0.25) is 37.3 Å². The second kappa shape index (κ2) is 61.6. The van der Waals surface area contributed by atoms with Crippen LogP contribution in [-0.4, -0.2) is 96.7 Å². The molecule has 540 valence electrons. The van der Waals surface area contributed by atoms with Crippen LogP contribution in [0.5, 0.6) is 0 Å². The van der Waals surface area contributed by atoms with E-state index in [4.69, 9.17) is 37.0 Å². The van der Waals surface area contributed by atoms with E-state index in [0.717, 1.165) is 114 Å². The summed E-state index contributed by atoms with van der Waals surface area (Å²) in [5.74, 6) is 0.813. The average molecular weight is 1340 g/mol. The summed E-state index contributed by atoms with van der Waals surface area (Å²) in [6, 6.07) is 0. The lowest BCUT2D eigenvalue weighted by molar-refractivity contribution is -0.161. The Labute approximate surface area is 556 Å². The van der Waals surface area contributed by atoms with Crippen molar-refractivity contribution in [2.24, 2.45) is 23.7 Å². The number of hydrogen-bond donors (Lipinski definition) is 3. The molecule has 17 nitrogen and oxygen atoms in total. The van der Waals surface area contributed by atoms with E-state index in [-0.39, 0.29) is 25.7 Å². The summed E-state index contributed by atoms with van der Waals surface area (Å²) in [4.78, 5) is 72.5. The van der Waals surface area contributed by atoms with Crippen LogP contribution in [0.15, 0.2) is 0 Å². The number of rotatable bonds is 69. The number of hydrogen-bond acceptors (Lipinski definition) is 15. The first kappa shape index (κ1) is 89.1. The lowest BCUT2D eigenvalue weighted by Gasteiger charge is -2.21. The maximum atomic E-state index is 13.0.